The van der Waals surface area contributed by atoms with Crippen LogP contribution < -0.4 is 5.32 Å². The molecule has 0 atom stereocenters. The van der Waals surface area contributed by atoms with E-state index in [9.17, 15) is 9.90 Å². The molecule has 0 radical (unpaired) electrons. The molecule has 0 saturated heterocycles. The summed E-state index contributed by atoms with van der Waals surface area (Å²) in [6.07, 6.45) is 8.06. The SMILES string of the molecule is Cn1cc2cc(-c3cnc4ccn(-c5ccc(C(=O)O)c(NCC6CC6)c5)c4n3)ccc2n1. The Balaban J connectivity index is 1.42. The van der Waals surface area contributed by atoms with Gasteiger partial charge in [-0.3, -0.25) is 14.2 Å². The van der Waals surface area contributed by atoms with Gasteiger partial charge in [-0.2, -0.15) is 5.10 Å². The minimum atomic E-state index is -0.940. The fraction of sp³-hybridized carbons (Fsp3) is 0.200. The number of benzene rings is 2. The van der Waals surface area contributed by atoms with Gasteiger partial charge in [0.2, 0.25) is 0 Å². The molecule has 6 rings (SSSR count). The molecule has 0 spiro atoms. The van der Waals surface area contributed by atoms with Gasteiger partial charge < -0.3 is 10.4 Å². The maximum absolute atomic E-state index is 11.7. The van der Waals surface area contributed by atoms with E-state index in [0.717, 1.165) is 45.6 Å². The van der Waals surface area contributed by atoms with Gasteiger partial charge in [-0.15, -0.1) is 0 Å². The number of aryl methyl sites for hydroxylation is 1. The van der Waals surface area contributed by atoms with E-state index >= 15 is 0 Å². The minimum absolute atomic E-state index is 0.271. The summed E-state index contributed by atoms with van der Waals surface area (Å²) in [5.41, 5.74) is 5.89. The second kappa shape index (κ2) is 7.44. The van der Waals surface area contributed by atoms with E-state index < -0.39 is 5.97 Å². The smallest absolute Gasteiger partial charge is 0.337 e. The van der Waals surface area contributed by atoms with Crippen LogP contribution in [0.4, 0.5) is 5.69 Å². The third-order valence-corrected chi connectivity index (χ3v) is 6.10. The quantitative estimate of drug-likeness (QED) is 0.405. The highest BCUT2D eigenvalue weighted by Gasteiger charge is 2.22. The number of carboxylic acid groups (broad SMARTS) is 1. The van der Waals surface area contributed by atoms with Crippen molar-refractivity contribution in [1.82, 2.24) is 24.3 Å². The lowest BCUT2D eigenvalue weighted by atomic mass is 10.1. The Hall–Kier alpha value is -4.20. The molecule has 8 nitrogen and oxygen atoms in total. The summed E-state index contributed by atoms with van der Waals surface area (Å²) in [7, 11) is 1.90. The summed E-state index contributed by atoms with van der Waals surface area (Å²) in [4.78, 5) is 21.2. The highest BCUT2D eigenvalue weighted by atomic mass is 16.4. The first-order valence-corrected chi connectivity index (χ1v) is 10.9. The highest BCUT2D eigenvalue weighted by Crippen LogP contribution is 2.31. The third kappa shape index (κ3) is 3.59. The van der Waals surface area contributed by atoms with Gasteiger partial charge in [0.1, 0.15) is 5.52 Å². The zero-order chi connectivity index (χ0) is 22.5. The van der Waals surface area contributed by atoms with Crippen molar-refractivity contribution in [2.24, 2.45) is 13.0 Å². The summed E-state index contributed by atoms with van der Waals surface area (Å²) in [6.45, 7) is 0.789. The molecule has 3 aromatic heterocycles. The molecule has 5 aromatic rings. The number of hydrogen-bond donors (Lipinski definition) is 2. The summed E-state index contributed by atoms with van der Waals surface area (Å²) >= 11 is 0. The van der Waals surface area contributed by atoms with Crippen LogP contribution in [-0.4, -0.2) is 41.9 Å². The molecular formula is C25H22N6O2. The van der Waals surface area contributed by atoms with E-state index in [1.54, 1.807) is 23.0 Å². The summed E-state index contributed by atoms with van der Waals surface area (Å²) < 4.78 is 3.74. The van der Waals surface area contributed by atoms with E-state index in [2.05, 4.69) is 21.5 Å². The lowest BCUT2D eigenvalue weighted by molar-refractivity contribution is 0.0698. The van der Waals surface area contributed by atoms with Crippen LogP contribution in [0.1, 0.15) is 23.2 Å². The van der Waals surface area contributed by atoms with E-state index in [0.29, 0.717) is 11.6 Å². The molecule has 8 heteroatoms. The van der Waals surface area contributed by atoms with E-state index in [1.807, 2.05) is 48.3 Å². The number of anilines is 1. The standard InChI is InChI=1S/C25H22N6O2/c1-30-14-17-10-16(4-7-20(17)29-30)23-13-27-21-8-9-31(24(21)28-23)18-5-6-19(25(32)33)22(11-18)26-12-15-2-3-15/h4-11,13-15,26H,2-3,12H2,1H3,(H,32,33). The first-order valence-electron chi connectivity index (χ1n) is 10.9. The zero-order valence-corrected chi connectivity index (χ0v) is 18.1. The van der Waals surface area contributed by atoms with Gasteiger partial charge in [-0.1, -0.05) is 6.07 Å². The average Bonchev–Trinajstić information content (AvgIpc) is 3.42. The topological polar surface area (TPSA) is 97.9 Å². The summed E-state index contributed by atoms with van der Waals surface area (Å²) in [6, 6.07) is 13.3. The second-order valence-corrected chi connectivity index (χ2v) is 8.59. The molecule has 1 aliphatic carbocycles. The van der Waals surface area contributed by atoms with Crippen molar-refractivity contribution in [3.05, 3.63) is 66.6 Å². The molecule has 2 aromatic carbocycles. The molecular weight excluding hydrogens is 416 g/mol. The van der Waals surface area contributed by atoms with E-state index in [1.165, 1.54) is 12.8 Å². The first-order chi connectivity index (χ1) is 16.0. The Kier molecular flexibility index (Phi) is 4.39. The average molecular weight is 438 g/mol. The Labute approximate surface area is 189 Å². The maximum Gasteiger partial charge on any atom is 0.337 e. The van der Waals surface area contributed by atoms with Crippen molar-refractivity contribution >= 4 is 33.7 Å². The Bertz CT molecular complexity index is 1530. The Morgan fingerprint density at radius 1 is 1.15 bits per heavy atom. The number of nitrogens with zero attached hydrogens (tertiary/aromatic N) is 5. The van der Waals surface area contributed by atoms with Crippen molar-refractivity contribution in [2.75, 3.05) is 11.9 Å². The fourth-order valence-corrected chi connectivity index (χ4v) is 4.15. The van der Waals surface area contributed by atoms with Gasteiger partial charge in [0.25, 0.3) is 0 Å². The van der Waals surface area contributed by atoms with Gasteiger partial charge in [-0.25, -0.2) is 9.78 Å². The van der Waals surface area contributed by atoms with Crippen LogP contribution in [0.3, 0.4) is 0 Å². The number of hydrogen-bond acceptors (Lipinski definition) is 5. The molecule has 33 heavy (non-hydrogen) atoms. The first kappa shape index (κ1) is 19.5. The number of fused-ring (bicyclic) bond motifs is 2. The largest absolute Gasteiger partial charge is 0.478 e. The minimum Gasteiger partial charge on any atom is -0.478 e. The second-order valence-electron chi connectivity index (χ2n) is 8.59. The zero-order valence-electron chi connectivity index (χ0n) is 18.1. The van der Waals surface area contributed by atoms with Gasteiger partial charge in [0.05, 0.1) is 28.7 Å². The van der Waals surface area contributed by atoms with Crippen LogP contribution in [0.5, 0.6) is 0 Å². The van der Waals surface area contributed by atoms with Gasteiger partial charge in [0, 0.05) is 42.6 Å². The van der Waals surface area contributed by atoms with E-state index in [-0.39, 0.29) is 5.56 Å². The van der Waals surface area contributed by atoms with Crippen molar-refractivity contribution in [2.45, 2.75) is 12.8 Å². The molecule has 0 unspecified atom stereocenters. The number of nitrogens with one attached hydrogen (secondary N) is 1. The Morgan fingerprint density at radius 2 is 2.03 bits per heavy atom. The van der Waals surface area contributed by atoms with Gasteiger partial charge in [-0.05, 0) is 55.2 Å². The third-order valence-electron chi connectivity index (χ3n) is 6.10. The molecule has 0 bridgehead atoms. The van der Waals surface area contributed by atoms with E-state index in [4.69, 9.17) is 4.98 Å². The fourth-order valence-electron chi connectivity index (χ4n) is 4.15. The lowest BCUT2D eigenvalue weighted by Gasteiger charge is -2.13. The van der Waals surface area contributed by atoms with Crippen LogP contribution in [0.25, 0.3) is 39.0 Å². The van der Waals surface area contributed by atoms with Crippen LogP contribution in [0.15, 0.2) is 61.1 Å². The molecule has 1 aliphatic rings. The summed E-state index contributed by atoms with van der Waals surface area (Å²) in [5, 5.41) is 18.4. The van der Waals surface area contributed by atoms with Crippen LogP contribution in [0, 0.1) is 5.92 Å². The number of carbonyl (C=O) groups is 1. The van der Waals surface area contributed by atoms with Gasteiger partial charge in [0.15, 0.2) is 5.65 Å². The predicted molar refractivity (Wildman–Crippen MR) is 127 cm³/mol. The monoisotopic (exact) mass is 438 g/mol. The van der Waals surface area contributed by atoms with Gasteiger partial charge >= 0.3 is 5.97 Å². The molecule has 164 valence electrons. The Morgan fingerprint density at radius 3 is 2.85 bits per heavy atom. The van der Waals surface area contributed by atoms with Crippen LogP contribution in [0.2, 0.25) is 0 Å². The molecule has 2 N–H and O–H groups in total. The molecule has 0 aliphatic heterocycles. The van der Waals surface area contributed by atoms with Crippen LogP contribution in [-0.2, 0) is 7.05 Å². The molecule has 0 amide bonds. The molecule has 1 saturated carbocycles. The normalized spacial score (nSPS) is 13.6. The van der Waals surface area contributed by atoms with Crippen molar-refractivity contribution < 1.29 is 9.90 Å². The van der Waals surface area contributed by atoms with Crippen molar-refractivity contribution in [3.8, 4) is 16.9 Å². The maximum atomic E-state index is 11.7. The van der Waals surface area contributed by atoms with Crippen molar-refractivity contribution in [1.29, 1.82) is 0 Å². The number of carboxylic acids is 1. The molecule has 3 heterocycles. The number of rotatable bonds is 6. The molecule has 1 fully saturated rings. The van der Waals surface area contributed by atoms with Crippen LogP contribution >= 0.6 is 0 Å². The highest BCUT2D eigenvalue weighted by molar-refractivity contribution is 5.95. The lowest BCUT2D eigenvalue weighted by Crippen LogP contribution is -2.10. The summed E-state index contributed by atoms with van der Waals surface area (Å²) in [5.74, 6) is -0.307. The predicted octanol–water partition coefficient (Wildman–Crippen LogP) is 4.49. The van der Waals surface area contributed by atoms with Crippen molar-refractivity contribution in [3.63, 3.8) is 0 Å². The number of aromatic carboxylic acids is 1. The number of aromatic nitrogens is 5.